The summed E-state index contributed by atoms with van der Waals surface area (Å²) in [6.45, 7) is 1.67. The third-order valence-corrected chi connectivity index (χ3v) is 5.35. The molecule has 4 nitrogen and oxygen atoms in total. The van der Waals surface area contributed by atoms with Gasteiger partial charge in [0.05, 0.1) is 11.1 Å². The summed E-state index contributed by atoms with van der Waals surface area (Å²) in [7, 11) is 0. The Balaban J connectivity index is 2.00. The standard InChI is InChI=1S/C19H14BrF2IN2O2/c1-10-6-14(17(20)19(26)25-10)18(11-3-5-16(23)24-8-11)27-9-12-2-4-13(21)7-15(12)22/h2-8,18H,9H2,1H3,(H,25,26). The van der Waals surface area contributed by atoms with Gasteiger partial charge in [0.15, 0.2) is 0 Å². The summed E-state index contributed by atoms with van der Waals surface area (Å²) < 4.78 is 34.2. The highest BCUT2D eigenvalue weighted by molar-refractivity contribution is 14.1. The number of pyridine rings is 2. The van der Waals surface area contributed by atoms with Gasteiger partial charge < -0.3 is 9.72 Å². The summed E-state index contributed by atoms with van der Waals surface area (Å²) in [4.78, 5) is 19.1. The topological polar surface area (TPSA) is 55.0 Å². The molecule has 0 fully saturated rings. The zero-order valence-electron chi connectivity index (χ0n) is 14.1. The molecule has 0 aliphatic rings. The number of benzene rings is 1. The predicted octanol–water partition coefficient (Wildman–Crippen LogP) is 5.03. The minimum atomic E-state index is -0.685. The second-order valence-electron chi connectivity index (χ2n) is 5.89. The van der Waals surface area contributed by atoms with Crippen molar-refractivity contribution in [1.82, 2.24) is 9.97 Å². The Hall–Kier alpha value is -1.65. The predicted molar refractivity (Wildman–Crippen MR) is 109 cm³/mol. The van der Waals surface area contributed by atoms with Crippen LogP contribution in [0.4, 0.5) is 8.78 Å². The Morgan fingerprint density at radius 1 is 1.26 bits per heavy atom. The van der Waals surface area contributed by atoms with Crippen LogP contribution in [0.25, 0.3) is 0 Å². The molecule has 0 amide bonds. The lowest BCUT2D eigenvalue weighted by Gasteiger charge is -2.20. The number of hydrogen-bond acceptors (Lipinski definition) is 3. The van der Waals surface area contributed by atoms with E-state index in [2.05, 4.69) is 48.5 Å². The number of nitrogens with zero attached hydrogens (tertiary/aromatic N) is 1. The summed E-state index contributed by atoms with van der Waals surface area (Å²) in [5.41, 5.74) is 1.91. The summed E-state index contributed by atoms with van der Waals surface area (Å²) >= 11 is 5.40. The molecule has 0 bridgehead atoms. The molecule has 3 rings (SSSR count). The number of H-pyrrole nitrogens is 1. The van der Waals surface area contributed by atoms with E-state index in [1.807, 2.05) is 12.1 Å². The van der Waals surface area contributed by atoms with Crippen molar-refractivity contribution in [3.63, 3.8) is 0 Å². The fourth-order valence-electron chi connectivity index (χ4n) is 2.61. The van der Waals surface area contributed by atoms with E-state index in [0.717, 1.165) is 9.77 Å². The Morgan fingerprint density at radius 3 is 2.70 bits per heavy atom. The van der Waals surface area contributed by atoms with E-state index >= 15 is 0 Å². The number of aryl methyl sites for hydroxylation is 1. The Labute approximate surface area is 176 Å². The first-order valence-electron chi connectivity index (χ1n) is 7.91. The molecule has 0 saturated heterocycles. The van der Waals surface area contributed by atoms with Gasteiger partial charge >= 0.3 is 0 Å². The van der Waals surface area contributed by atoms with Crippen molar-refractivity contribution in [3.8, 4) is 0 Å². The molecule has 1 unspecified atom stereocenters. The monoisotopic (exact) mass is 546 g/mol. The smallest absolute Gasteiger partial charge is 0.262 e. The molecular formula is C19H14BrF2IN2O2. The molecule has 0 aliphatic heterocycles. The molecule has 140 valence electrons. The maximum absolute atomic E-state index is 14.0. The largest absolute Gasteiger partial charge is 0.364 e. The van der Waals surface area contributed by atoms with Crippen molar-refractivity contribution in [1.29, 1.82) is 0 Å². The molecule has 0 saturated carbocycles. The lowest BCUT2D eigenvalue weighted by Crippen LogP contribution is -2.16. The molecule has 0 spiro atoms. The second-order valence-corrected chi connectivity index (χ2v) is 7.79. The van der Waals surface area contributed by atoms with Crippen molar-refractivity contribution in [2.45, 2.75) is 19.6 Å². The lowest BCUT2D eigenvalue weighted by atomic mass is 10.0. The zero-order chi connectivity index (χ0) is 19.6. The summed E-state index contributed by atoms with van der Waals surface area (Å²) in [5, 5.41) is 0. The van der Waals surface area contributed by atoms with Gasteiger partial charge in [0, 0.05) is 34.6 Å². The third kappa shape index (κ3) is 4.80. The van der Waals surface area contributed by atoms with Crippen molar-refractivity contribution < 1.29 is 13.5 Å². The quantitative estimate of drug-likeness (QED) is 0.361. The van der Waals surface area contributed by atoms with Gasteiger partial charge in [-0.15, -0.1) is 0 Å². The second kappa shape index (κ2) is 8.57. The molecule has 2 heterocycles. The van der Waals surface area contributed by atoms with Crippen molar-refractivity contribution >= 4 is 38.5 Å². The normalized spacial score (nSPS) is 12.2. The Morgan fingerprint density at radius 2 is 2.04 bits per heavy atom. The highest BCUT2D eigenvalue weighted by Crippen LogP contribution is 2.31. The Kier molecular flexibility index (Phi) is 6.38. The maximum atomic E-state index is 14.0. The maximum Gasteiger partial charge on any atom is 0.262 e. The van der Waals surface area contributed by atoms with Gasteiger partial charge in [-0.3, -0.25) is 4.79 Å². The van der Waals surface area contributed by atoms with Gasteiger partial charge in [-0.2, -0.15) is 0 Å². The van der Waals surface area contributed by atoms with E-state index in [0.29, 0.717) is 21.3 Å². The number of halogens is 4. The van der Waals surface area contributed by atoms with Crippen LogP contribution < -0.4 is 5.56 Å². The van der Waals surface area contributed by atoms with Gasteiger partial charge in [-0.05, 0) is 63.6 Å². The number of hydrogen-bond donors (Lipinski definition) is 1. The fraction of sp³-hybridized carbons (Fsp3) is 0.158. The van der Waals surface area contributed by atoms with Crippen LogP contribution in [-0.4, -0.2) is 9.97 Å². The molecule has 1 aromatic carbocycles. The van der Waals surface area contributed by atoms with E-state index in [-0.39, 0.29) is 17.7 Å². The average Bonchev–Trinajstić information content (AvgIpc) is 2.62. The summed E-state index contributed by atoms with van der Waals surface area (Å²) in [6, 6.07) is 8.77. The minimum absolute atomic E-state index is 0.0962. The first kappa shape index (κ1) is 20.1. The highest BCUT2D eigenvalue weighted by atomic mass is 127. The molecule has 0 radical (unpaired) electrons. The van der Waals surface area contributed by atoms with E-state index < -0.39 is 17.7 Å². The van der Waals surface area contributed by atoms with Crippen LogP contribution in [-0.2, 0) is 11.3 Å². The van der Waals surface area contributed by atoms with Gasteiger partial charge in [0.25, 0.3) is 5.56 Å². The zero-order valence-corrected chi connectivity index (χ0v) is 17.8. The van der Waals surface area contributed by atoms with E-state index in [1.54, 1.807) is 19.2 Å². The fourth-order valence-corrected chi connectivity index (χ4v) is 3.35. The molecule has 3 aromatic rings. The van der Waals surface area contributed by atoms with Crippen LogP contribution in [0.15, 0.2) is 51.9 Å². The summed E-state index contributed by atoms with van der Waals surface area (Å²) in [5.74, 6) is -1.33. The SMILES string of the molecule is Cc1cc(C(OCc2ccc(F)cc2F)c2ccc(I)nc2)c(Br)c(=O)[nH]1. The van der Waals surface area contributed by atoms with Crippen molar-refractivity contribution in [3.05, 3.63) is 95.1 Å². The van der Waals surface area contributed by atoms with E-state index in [9.17, 15) is 13.6 Å². The molecule has 0 aliphatic carbocycles. The number of nitrogens with one attached hydrogen (secondary N) is 1. The van der Waals surface area contributed by atoms with Crippen molar-refractivity contribution in [2.75, 3.05) is 0 Å². The van der Waals surface area contributed by atoms with E-state index in [1.165, 1.54) is 12.1 Å². The number of ether oxygens (including phenoxy) is 1. The number of aromatic amines is 1. The van der Waals surface area contributed by atoms with Crippen LogP contribution in [0.1, 0.15) is 28.5 Å². The van der Waals surface area contributed by atoms with E-state index in [4.69, 9.17) is 4.74 Å². The molecule has 27 heavy (non-hydrogen) atoms. The van der Waals surface area contributed by atoms with Gasteiger partial charge in [0.1, 0.15) is 21.4 Å². The first-order chi connectivity index (χ1) is 12.8. The average molecular weight is 547 g/mol. The van der Waals surface area contributed by atoms with Crippen LogP contribution >= 0.6 is 38.5 Å². The van der Waals surface area contributed by atoms with Crippen LogP contribution in [0.2, 0.25) is 0 Å². The van der Waals surface area contributed by atoms with Crippen LogP contribution in [0.3, 0.4) is 0 Å². The van der Waals surface area contributed by atoms with Gasteiger partial charge in [0.2, 0.25) is 0 Å². The summed E-state index contributed by atoms with van der Waals surface area (Å²) in [6.07, 6.45) is 0.991. The number of aromatic nitrogens is 2. The lowest BCUT2D eigenvalue weighted by molar-refractivity contribution is 0.0640. The molecule has 1 atom stereocenters. The van der Waals surface area contributed by atoms with Crippen LogP contribution in [0.5, 0.6) is 0 Å². The van der Waals surface area contributed by atoms with Crippen LogP contribution in [0, 0.1) is 22.3 Å². The highest BCUT2D eigenvalue weighted by Gasteiger charge is 2.21. The first-order valence-corrected chi connectivity index (χ1v) is 9.78. The molecule has 8 heteroatoms. The van der Waals surface area contributed by atoms with Crippen molar-refractivity contribution in [2.24, 2.45) is 0 Å². The molecule has 1 N–H and O–H groups in total. The van der Waals surface area contributed by atoms with Gasteiger partial charge in [-0.25, -0.2) is 13.8 Å². The molecular weight excluding hydrogens is 533 g/mol. The number of rotatable bonds is 5. The minimum Gasteiger partial charge on any atom is -0.364 e. The van der Waals surface area contributed by atoms with Gasteiger partial charge in [-0.1, -0.05) is 12.1 Å². The molecule has 2 aromatic heterocycles. The Bertz CT molecular complexity index is 1030. The third-order valence-electron chi connectivity index (χ3n) is 3.89.